The smallest absolute Gasteiger partial charge is 0.262 e. The van der Waals surface area contributed by atoms with Gasteiger partial charge >= 0.3 is 0 Å². The van der Waals surface area contributed by atoms with Crippen molar-refractivity contribution in [1.82, 2.24) is 5.32 Å². The number of methoxy groups -OCH3 is 1. The Balaban J connectivity index is 1.99. The van der Waals surface area contributed by atoms with Gasteiger partial charge < -0.3 is 20.1 Å². The molecule has 5 nitrogen and oxygen atoms in total. The number of rotatable bonds is 9. The molecule has 2 rings (SSSR count). The first-order chi connectivity index (χ1) is 12.5. The summed E-state index contributed by atoms with van der Waals surface area (Å²) < 4.78 is 10.9. The number of hydrogen-bond acceptors (Lipinski definition) is 4. The van der Waals surface area contributed by atoms with Crippen molar-refractivity contribution >= 4 is 23.2 Å². The van der Waals surface area contributed by atoms with Crippen molar-refractivity contribution in [3.63, 3.8) is 0 Å². The van der Waals surface area contributed by atoms with E-state index in [1.165, 1.54) is 0 Å². The summed E-state index contributed by atoms with van der Waals surface area (Å²) in [5.41, 5.74) is 2.72. The summed E-state index contributed by atoms with van der Waals surface area (Å²) in [4.78, 5) is 12.1. The third-order valence-electron chi connectivity index (χ3n) is 3.63. The van der Waals surface area contributed by atoms with E-state index in [0.29, 0.717) is 29.6 Å². The van der Waals surface area contributed by atoms with E-state index in [2.05, 4.69) is 17.2 Å². The summed E-state index contributed by atoms with van der Waals surface area (Å²) in [5, 5.41) is 6.50. The van der Waals surface area contributed by atoms with E-state index in [-0.39, 0.29) is 12.5 Å². The van der Waals surface area contributed by atoms with Crippen LogP contribution in [0.4, 0.5) is 5.69 Å². The van der Waals surface area contributed by atoms with Crippen molar-refractivity contribution in [2.24, 2.45) is 0 Å². The maximum Gasteiger partial charge on any atom is 0.262 e. The number of halogens is 1. The Labute approximate surface area is 159 Å². The van der Waals surface area contributed by atoms with E-state index in [4.69, 9.17) is 21.1 Å². The van der Waals surface area contributed by atoms with Gasteiger partial charge in [0, 0.05) is 29.9 Å². The molecule has 0 saturated carbocycles. The molecule has 138 valence electrons. The second kappa shape index (κ2) is 9.85. The van der Waals surface area contributed by atoms with Crippen molar-refractivity contribution in [2.45, 2.75) is 13.5 Å². The fourth-order valence-corrected chi connectivity index (χ4v) is 2.49. The van der Waals surface area contributed by atoms with E-state index >= 15 is 0 Å². The molecule has 0 radical (unpaired) electrons. The Morgan fingerprint density at radius 1 is 1.23 bits per heavy atom. The van der Waals surface area contributed by atoms with Crippen LogP contribution in [-0.2, 0) is 11.3 Å². The minimum Gasteiger partial charge on any atom is -0.493 e. The molecule has 0 aliphatic heterocycles. The molecule has 0 aliphatic rings. The van der Waals surface area contributed by atoms with Crippen molar-refractivity contribution in [2.75, 3.05) is 25.6 Å². The Bertz CT molecular complexity index is 760. The van der Waals surface area contributed by atoms with Crippen LogP contribution in [0.5, 0.6) is 11.5 Å². The zero-order valence-corrected chi connectivity index (χ0v) is 15.7. The third-order valence-corrected chi connectivity index (χ3v) is 3.98. The molecular formula is C20H23ClN2O3. The van der Waals surface area contributed by atoms with Crippen molar-refractivity contribution in [3.05, 3.63) is 65.2 Å². The molecule has 0 spiro atoms. The van der Waals surface area contributed by atoms with Gasteiger partial charge in [0.15, 0.2) is 18.1 Å². The van der Waals surface area contributed by atoms with Gasteiger partial charge in [-0.2, -0.15) is 0 Å². The first-order valence-corrected chi connectivity index (χ1v) is 8.58. The van der Waals surface area contributed by atoms with Crippen LogP contribution in [0.25, 0.3) is 0 Å². The molecule has 0 atom stereocenters. The number of nitrogens with one attached hydrogen (secondary N) is 2. The first-order valence-electron chi connectivity index (χ1n) is 8.21. The van der Waals surface area contributed by atoms with Crippen LogP contribution in [0.15, 0.2) is 49.1 Å². The quantitative estimate of drug-likeness (QED) is 0.515. The lowest BCUT2D eigenvalue weighted by Gasteiger charge is -2.14. The SMILES string of the molecule is C=CCNCc1cc(OC)c(OCC(=O)Nc2ccc(C)cc2)cc1Cl. The molecule has 1 amide bonds. The summed E-state index contributed by atoms with van der Waals surface area (Å²) in [6.45, 7) is 6.76. The average Bonchev–Trinajstić information content (AvgIpc) is 2.63. The second-order valence-corrected chi connectivity index (χ2v) is 6.12. The van der Waals surface area contributed by atoms with Crippen LogP contribution < -0.4 is 20.1 Å². The zero-order chi connectivity index (χ0) is 18.9. The number of aryl methyl sites for hydroxylation is 1. The van der Waals surface area contributed by atoms with Gasteiger partial charge in [0.05, 0.1) is 7.11 Å². The summed E-state index contributed by atoms with van der Waals surface area (Å²) in [6, 6.07) is 11.0. The van der Waals surface area contributed by atoms with Gasteiger partial charge in [0.25, 0.3) is 5.91 Å². The molecular weight excluding hydrogens is 352 g/mol. The van der Waals surface area contributed by atoms with Crippen LogP contribution in [0.2, 0.25) is 5.02 Å². The fourth-order valence-electron chi connectivity index (χ4n) is 2.27. The summed E-state index contributed by atoms with van der Waals surface area (Å²) in [6.07, 6.45) is 1.77. The molecule has 0 heterocycles. The summed E-state index contributed by atoms with van der Waals surface area (Å²) in [7, 11) is 1.55. The lowest BCUT2D eigenvalue weighted by atomic mass is 10.2. The summed E-state index contributed by atoms with van der Waals surface area (Å²) >= 11 is 6.30. The lowest BCUT2D eigenvalue weighted by Crippen LogP contribution is -2.20. The predicted molar refractivity (Wildman–Crippen MR) is 105 cm³/mol. The molecule has 0 aliphatic carbocycles. The highest BCUT2D eigenvalue weighted by Crippen LogP contribution is 2.33. The first kappa shape index (κ1) is 19.8. The van der Waals surface area contributed by atoms with Gasteiger partial charge in [-0.05, 0) is 30.7 Å². The van der Waals surface area contributed by atoms with Gasteiger partial charge in [0.2, 0.25) is 0 Å². The average molecular weight is 375 g/mol. The number of carbonyl (C=O) groups excluding carboxylic acids is 1. The van der Waals surface area contributed by atoms with Gasteiger partial charge in [-0.25, -0.2) is 0 Å². The highest BCUT2D eigenvalue weighted by Gasteiger charge is 2.12. The van der Waals surface area contributed by atoms with E-state index in [1.807, 2.05) is 31.2 Å². The van der Waals surface area contributed by atoms with Crippen molar-refractivity contribution < 1.29 is 14.3 Å². The fraction of sp³-hybridized carbons (Fsp3) is 0.250. The molecule has 0 aromatic heterocycles. The maximum absolute atomic E-state index is 12.1. The Morgan fingerprint density at radius 2 is 1.96 bits per heavy atom. The number of benzene rings is 2. The molecule has 0 saturated heterocycles. The molecule has 2 aromatic rings. The topological polar surface area (TPSA) is 59.6 Å². The predicted octanol–water partition coefficient (Wildman–Crippen LogP) is 3.95. The van der Waals surface area contributed by atoms with Gasteiger partial charge in [-0.1, -0.05) is 35.4 Å². The number of anilines is 1. The summed E-state index contributed by atoms with van der Waals surface area (Å²) in [5.74, 6) is 0.681. The standard InChI is InChI=1S/C20H23ClN2O3/c1-4-9-22-12-15-10-18(25-3)19(11-17(15)21)26-13-20(24)23-16-7-5-14(2)6-8-16/h4-8,10-11,22H,1,9,12-13H2,2-3H3,(H,23,24). The lowest BCUT2D eigenvalue weighted by molar-refractivity contribution is -0.118. The van der Waals surface area contributed by atoms with E-state index in [9.17, 15) is 4.79 Å². The minimum absolute atomic E-state index is 0.144. The number of ether oxygens (including phenoxy) is 2. The van der Waals surface area contributed by atoms with E-state index in [0.717, 1.165) is 16.8 Å². The Kier molecular flexibility index (Phi) is 7.51. The van der Waals surface area contributed by atoms with Gasteiger partial charge in [0.1, 0.15) is 0 Å². The number of hydrogen-bond donors (Lipinski definition) is 2. The monoisotopic (exact) mass is 374 g/mol. The molecule has 6 heteroatoms. The second-order valence-electron chi connectivity index (χ2n) is 5.72. The van der Waals surface area contributed by atoms with Crippen molar-refractivity contribution in [1.29, 1.82) is 0 Å². The number of carbonyl (C=O) groups is 1. The van der Waals surface area contributed by atoms with Crippen LogP contribution in [0.1, 0.15) is 11.1 Å². The van der Waals surface area contributed by atoms with Crippen LogP contribution >= 0.6 is 11.6 Å². The van der Waals surface area contributed by atoms with Gasteiger partial charge in [-0.15, -0.1) is 6.58 Å². The molecule has 26 heavy (non-hydrogen) atoms. The zero-order valence-electron chi connectivity index (χ0n) is 15.0. The maximum atomic E-state index is 12.1. The van der Waals surface area contributed by atoms with E-state index < -0.39 is 0 Å². The van der Waals surface area contributed by atoms with Crippen molar-refractivity contribution in [3.8, 4) is 11.5 Å². The molecule has 2 aromatic carbocycles. The van der Waals surface area contributed by atoms with Crippen LogP contribution in [0.3, 0.4) is 0 Å². The Hall–Kier alpha value is -2.50. The highest BCUT2D eigenvalue weighted by atomic mass is 35.5. The van der Waals surface area contributed by atoms with Crippen LogP contribution in [0, 0.1) is 6.92 Å². The molecule has 0 unspecified atom stereocenters. The molecule has 0 bridgehead atoms. The highest BCUT2D eigenvalue weighted by molar-refractivity contribution is 6.31. The Morgan fingerprint density at radius 3 is 2.62 bits per heavy atom. The van der Waals surface area contributed by atoms with Crippen LogP contribution in [-0.4, -0.2) is 26.2 Å². The molecule has 2 N–H and O–H groups in total. The minimum atomic E-state index is -0.260. The third kappa shape index (κ3) is 5.79. The normalized spacial score (nSPS) is 10.3. The number of amides is 1. The molecule has 0 fully saturated rings. The largest absolute Gasteiger partial charge is 0.493 e. The van der Waals surface area contributed by atoms with Gasteiger partial charge in [-0.3, -0.25) is 4.79 Å². The van der Waals surface area contributed by atoms with E-state index in [1.54, 1.807) is 25.3 Å².